The lowest BCUT2D eigenvalue weighted by molar-refractivity contribution is -0.115. The van der Waals surface area contributed by atoms with Crippen LogP contribution in [0.3, 0.4) is 0 Å². The van der Waals surface area contributed by atoms with Crippen LogP contribution >= 0.6 is 0 Å². The van der Waals surface area contributed by atoms with Crippen LogP contribution in [0.15, 0.2) is 24.4 Å². The second-order valence-corrected chi connectivity index (χ2v) is 5.80. The molecule has 1 aromatic carbocycles. The van der Waals surface area contributed by atoms with Crippen molar-refractivity contribution in [1.82, 2.24) is 20.4 Å². The maximum atomic E-state index is 12.0. The monoisotopic (exact) mass is 329 g/mol. The van der Waals surface area contributed by atoms with Gasteiger partial charge >= 0.3 is 6.03 Å². The number of hydrogen-bond acceptors (Lipinski definition) is 3. The minimum atomic E-state index is -0.399. The van der Waals surface area contributed by atoms with E-state index in [2.05, 4.69) is 21.0 Å². The Morgan fingerprint density at radius 1 is 1.12 bits per heavy atom. The van der Waals surface area contributed by atoms with Crippen molar-refractivity contribution < 1.29 is 9.59 Å². The molecule has 0 atom stereocenters. The molecule has 0 fully saturated rings. The number of hydrogen-bond donors (Lipinski definition) is 3. The van der Waals surface area contributed by atoms with Crippen molar-refractivity contribution in [3.63, 3.8) is 0 Å². The van der Waals surface area contributed by atoms with Gasteiger partial charge in [0.1, 0.15) is 0 Å². The number of carbonyl (C=O) groups excluding carboxylic acids is 2. The second kappa shape index (κ2) is 7.63. The topological polar surface area (TPSA) is 88.1 Å². The van der Waals surface area contributed by atoms with Gasteiger partial charge in [0, 0.05) is 18.9 Å². The zero-order valence-corrected chi connectivity index (χ0v) is 14.4. The molecule has 0 spiro atoms. The number of anilines is 1. The van der Waals surface area contributed by atoms with Crippen LogP contribution in [0.2, 0.25) is 0 Å². The molecule has 1 heterocycles. The first-order valence-corrected chi connectivity index (χ1v) is 7.73. The number of amides is 3. The molecule has 1 aromatic heterocycles. The van der Waals surface area contributed by atoms with Gasteiger partial charge in [-0.1, -0.05) is 17.7 Å². The summed E-state index contributed by atoms with van der Waals surface area (Å²) in [5.74, 6) is -0.263. The number of benzene rings is 1. The zero-order valence-electron chi connectivity index (χ0n) is 14.4. The SMILES string of the molecule is Cc1cc(C)c(NC(=O)CNC(=O)NCc2ccnn2C)c(C)c1. The van der Waals surface area contributed by atoms with Crippen molar-refractivity contribution in [3.8, 4) is 0 Å². The molecule has 0 aliphatic carbocycles. The van der Waals surface area contributed by atoms with Crippen LogP contribution < -0.4 is 16.0 Å². The molecule has 2 rings (SSSR count). The lowest BCUT2D eigenvalue weighted by Gasteiger charge is -2.13. The maximum absolute atomic E-state index is 12.0. The number of carbonyl (C=O) groups is 2. The Morgan fingerprint density at radius 3 is 2.38 bits per heavy atom. The van der Waals surface area contributed by atoms with E-state index in [9.17, 15) is 9.59 Å². The lowest BCUT2D eigenvalue weighted by Crippen LogP contribution is -2.40. The summed E-state index contributed by atoms with van der Waals surface area (Å²) in [5.41, 5.74) is 4.82. The fraction of sp³-hybridized carbons (Fsp3) is 0.353. The molecule has 0 aliphatic heterocycles. The molecule has 2 aromatic rings. The van der Waals surface area contributed by atoms with E-state index in [1.54, 1.807) is 17.9 Å². The van der Waals surface area contributed by atoms with Gasteiger partial charge in [0.05, 0.1) is 18.8 Å². The third kappa shape index (κ3) is 4.58. The Bertz CT molecular complexity index is 728. The van der Waals surface area contributed by atoms with Gasteiger partial charge in [0.2, 0.25) is 5.91 Å². The number of urea groups is 1. The number of nitrogens with zero attached hydrogens (tertiary/aromatic N) is 2. The molecule has 0 bridgehead atoms. The van der Waals surface area contributed by atoms with Gasteiger partial charge in [-0.15, -0.1) is 0 Å². The van der Waals surface area contributed by atoms with Crippen molar-refractivity contribution in [2.75, 3.05) is 11.9 Å². The fourth-order valence-electron chi connectivity index (χ4n) is 2.53. The average Bonchev–Trinajstić information content (AvgIpc) is 2.92. The summed E-state index contributed by atoms with van der Waals surface area (Å²) in [6.07, 6.45) is 1.66. The van der Waals surface area contributed by atoms with Crippen LogP contribution in [0.1, 0.15) is 22.4 Å². The van der Waals surface area contributed by atoms with Crippen LogP contribution in [-0.4, -0.2) is 28.3 Å². The zero-order chi connectivity index (χ0) is 17.7. The Kier molecular flexibility index (Phi) is 5.57. The van der Waals surface area contributed by atoms with Gasteiger partial charge in [-0.3, -0.25) is 9.48 Å². The van der Waals surface area contributed by atoms with E-state index >= 15 is 0 Å². The number of rotatable bonds is 5. The van der Waals surface area contributed by atoms with E-state index in [0.29, 0.717) is 6.54 Å². The van der Waals surface area contributed by atoms with Crippen molar-refractivity contribution in [3.05, 3.63) is 46.8 Å². The van der Waals surface area contributed by atoms with Crippen molar-refractivity contribution in [2.24, 2.45) is 7.05 Å². The van der Waals surface area contributed by atoms with Gasteiger partial charge in [0.15, 0.2) is 0 Å². The first-order valence-electron chi connectivity index (χ1n) is 7.73. The highest BCUT2D eigenvalue weighted by molar-refractivity contribution is 5.95. The van der Waals surface area contributed by atoms with Gasteiger partial charge in [-0.2, -0.15) is 5.10 Å². The Labute approximate surface area is 141 Å². The standard InChI is InChI=1S/C17H23N5O2/c1-11-7-12(2)16(13(3)8-11)21-15(23)10-19-17(24)18-9-14-5-6-20-22(14)4/h5-8H,9-10H2,1-4H3,(H,21,23)(H2,18,19,24). The van der Waals surface area contributed by atoms with E-state index in [4.69, 9.17) is 0 Å². The maximum Gasteiger partial charge on any atom is 0.315 e. The highest BCUT2D eigenvalue weighted by Gasteiger charge is 2.10. The average molecular weight is 329 g/mol. The van der Waals surface area contributed by atoms with Crippen LogP contribution in [-0.2, 0) is 18.4 Å². The molecule has 3 N–H and O–H groups in total. The molecule has 0 unspecified atom stereocenters. The molecule has 7 heteroatoms. The minimum Gasteiger partial charge on any atom is -0.333 e. The number of aryl methyl sites for hydroxylation is 4. The van der Waals surface area contributed by atoms with Gasteiger partial charge in [-0.05, 0) is 38.0 Å². The molecular formula is C17H23N5O2. The van der Waals surface area contributed by atoms with E-state index in [1.807, 2.05) is 39.0 Å². The van der Waals surface area contributed by atoms with Gasteiger partial charge in [0.25, 0.3) is 0 Å². The summed E-state index contributed by atoms with van der Waals surface area (Å²) in [4.78, 5) is 23.8. The van der Waals surface area contributed by atoms with Gasteiger partial charge < -0.3 is 16.0 Å². The van der Waals surface area contributed by atoms with Crippen LogP contribution in [0.5, 0.6) is 0 Å². The molecule has 0 radical (unpaired) electrons. The predicted molar refractivity (Wildman–Crippen MR) is 92.7 cm³/mol. The smallest absolute Gasteiger partial charge is 0.315 e. The summed E-state index contributed by atoms with van der Waals surface area (Å²) in [6, 6.07) is 5.44. The minimum absolute atomic E-state index is 0.0933. The summed E-state index contributed by atoms with van der Waals surface area (Å²) in [5, 5.41) is 12.1. The number of nitrogens with one attached hydrogen (secondary N) is 3. The molecule has 24 heavy (non-hydrogen) atoms. The molecule has 0 saturated carbocycles. The summed E-state index contributed by atoms with van der Waals surface area (Å²) >= 11 is 0. The van der Waals surface area contributed by atoms with E-state index in [-0.39, 0.29) is 12.5 Å². The van der Waals surface area contributed by atoms with E-state index in [1.165, 1.54) is 0 Å². The number of aromatic nitrogens is 2. The first-order chi connectivity index (χ1) is 11.4. The largest absolute Gasteiger partial charge is 0.333 e. The Hall–Kier alpha value is -2.83. The summed E-state index contributed by atoms with van der Waals surface area (Å²) in [7, 11) is 1.80. The molecule has 3 amide bonds. The van der Waals surface area contributed by atoms with Crippen LogP contribution in [0.25, 0.3) is 0 Å². The van der Waals surface area contributed by atoms with Crippen molar-refractivity contribution >= 4 is 17.6 Å². The highest BCUT2D eigenvalue weighted by atomic mass is 16.2. The Balaban J connectivity index is 1.81. The predicted octanol–water partition coefficient (Wildman–Crippen LogP) is 1.78. The normalized spacial score (nSPS) is 10.3. The second-order valence-electron chi connectivity index (χ2n) is 5.80. The van der Waals surface area contributed by atoms with E-state index in [0.717, 1.165) is 28.1 Å². The van der Waals surface area contributed by atoms with Gasteiger partial charge in [-0.25, -0.2) is 4.79 Å². The molecule has 128 valence electrons. The van der Waals surface area contributed by atoms with Crippen LogP contribution in [0.4, 0.5) is 10.5 Å². The lowest BCUT2D eigenvalue weighted by atomic mass is 10.1. The third-order valence-electron chi connectivity index (χ3n) is 3.70. The Morgan fingerprint density at radius 2 is 1.79 bits per heavy atom. The van der Waals surface area contributed by atoms with E-state index < -0.39 is 6.03 Å². The molecular weight excluding hydrogens is 306 g/mol. The van der Waals surface area contributed by atoms with Crippen molar-refractivity contribution in [2.45, 2.75) is 27.3 Å². The summed E-state index contributed by atoms with van der Waals surface area (Å²) < 4.78 is 1.68. The van der Waals surface area contributed by atoms with Crippen molar-refractivity contribution in [1.29, 1.82) is 0 Å². The van der Waals surface area contributed by atoms with Crippen LogP contribution in [0, 0.1) is 20.8 Å². The fourth-order valence-corrected chi connectivity index (χ4v) is 2.53. The highest BCUT2D eigenvalue weighted by Crippen LogP contribution is 2.21. The molecule has 7 nitrogen and oxygen atoms in total. The molecule has 0 saturated heterocycles. The first kappa shape index (κ1) is 17.5. The molecule has 0 aliphatic rings. The summed E-state index contributed by atoms with van der Waals surface area (Å²) in [6.45, 7) is 6.16. The third-order valence-corrected chi connectivity index (χ3v) is 3.70. The quantitative estimate of drug-likeness (QED) is 0.781.